The van der Waals surface area contributed by atoms with Gasteiger partial charge >= 0.3 is 0 Å². The quantitative estimate of drug-likeness (QED) is 0.773. The average Bonchev–Trinajstić information content (AvgIpc) is 3.27. The largest absolute Gasteiger partial charge is 0.459 e. The predicted molar refractivity (Wildman–Crippen MR) is 93.2 cm³/mol. The van der Waals surface area contributed by atoms with Crippen LogP contribution in [0.25, 0.3) is 0 Å². The topological polar surface area (TPSA) is 83.4 Å². The zero-order valence-corrected chi connectivity index (χ0v) is 13.9. The summed E-state index contributed by atoms with van der Waals surface area (Å²) in [4.78, 5) is 23.8. The molecule has 24 heavy (non-hydrogen) atoms. The summed E-state index contributed by atoms with van der Waals surface area (Å²) in [6.45, 7) is 1.38. The molecule has 0 bridgehead atoms. The van der Waals surface area contributed by atoms with Crippen molar-refractivity contribution in [2.45, 2.75) is 25.4 Å². The third kappa shape index (κ3) is 4.59. The lowest BCUT2D eigenvalue weighted by molar-refractivity contribution is -0.122. The molecule has 0 unspecified atom stereocenters. The zero-order valence-electron chi connectivity index (χ0n) is 13.1. The predicted octanol–water partition coefficient (Wildman–Crippen LogP) is 2.32. The van der Waals surface area contributed by atoms with Crippen LogP contribution in [-0.2, 0) is 11.3 Å². The van der Waals surface area contributed by atoms with Gasteiger partial charge in [0.05, 0.1) is 12.3 Å². The van der Waals surface area contributed by atoms with Crippen LogP contribution in [-0.4, -0.2) is 24.4 Å². The van der Waals surface area contributed by atoms with Crippen LogP contribution in [0, 0.1) is 0 Å². The van der Waals surface area contributed by atoms with Gasteiger partial charge in [0.1, 0.15) is 0 Å². The second-order valence-corrected chi connectivity index (χ2v) is 5.50. The molecule has 0 saturated carbocycles. The first-order valence-electron chi connectivity index (χ1n) is 7.67. The molecule has 1 atom stereocenters. The van der Waals surface area contributed by atoms with Gasteiger partial charge in [0, 0.05) is 12.2 Å². The summed E-state index contributed by atoms with van der Waals surface area (Å²) in [6.07, 6.45) is 3.39. The van der Waals surface area contributed by atoms with Gasteiger partial charge in [-0.05, 0) is 49.2 Å². The molecular formula is C17H20ClN3O3. The molecule has 1 aliphatic rings. The summed E-state index contributed by atoms with van der Waals surface area (Å²) in [5, 5.41) is 8.84. The van der Waals surface area contributed by atoms with Gasteiger partial charge in [-0.25, -0.2) is 0 Å². The summed E-state index contributed by atoms with van der Waals surface area (Å²) in [7, 11) is 0. The van der Waals surface area contributed by atoms with Crippen molar-refractivity contribution in [1.82, 2.24) is 10.6 Å². The van der Waals surface area contributed by atoms with E-state index in [0.29, 0.717) is 12.2 Å². The minimum absolute atomic E-state index is 0. The summed E-state index contributed by atoms with van der Waals surface area (Å²) < 4.78 is 5.04. The van der Waals surface area contributed by atoms with Crippen LogP contribution in [0.15, 0.2) is 47.1 Å². The van der Waals surface area contributed by atoms with Crippen molar-refractivity contribution in [3.05, 3.63) is 54.0 Å². The lowest BCUT2D eigenvalue weighted by Gasteiger charge is -2.11. The molecule has 0 spiro atoms. The minimum Gasteiger partial charge on any atom is -0.459 e. The van der Waals surface area contributed by atoms with E-state index in [0.717, 1.165) is 24.9 Å². The van der Waals surface area contributed by atoms with E-state index in [1.807, 2.05) is 12.1 Å². The molecule has 0 aliphatic carbocycles. The van der Waals surface area contributed by atoms with E-state index in [1.165, 1.54) is 6.26 Å². The van der Waals surface area contributed by atoms with E-state index in [-0.39, 0.29) is 36.0 Å². The fraction of sp³-hybridized carbons (Fsp3) is 0.294. The molecule has 3 rings (SSSR count). The van der Waals surface area contributed by atoms with E-state index in [9.17, 15) is 9.59 Å². The maximum Gasteiger partial charge on any atom is 0.291 e. The number of hydrogen-bond acceptors (Lipinski definition) is 4. The zero-order chi connectivity index (χ0) is 16.1. The van der Waals surface area contributed by atoms with Crippen LogP contribution in [0.4, 0.5) is 5.69 Å². The van der Waals surface area contributed by atoms with Crippen LogP contribution in [0.5, 0.6) is 0 Å². The highest BCUT2D eigenvalue weighted by molar-refractivity contribution is 6.02. The highest BCUT2D eigenvalue weighted by atomic mass is 35.5. The second kappa shape index (κ2) is 8.52. The normalized spacial score (nSPS) is 16.2. The van der Waals surface area contributed by atoms with Crippen LogP contribution in [0.1, 0.15) is 29.0 Å². The molecule has 6 nitrogen and oxygen atoms in total. The number of hydrogen-bond donors (Lipinski definition) is 3. The Hall–Kier alpha value is -2.31. The summed E-state index contributed by atoms with van der Waals surface area (Å²) in [5.41, 5.74) is 1.66. The van der Waals surface area contributed by atoms with Gasteiger partial charge in [-0.2, -0.15) is 0 Å². The Bertz CT molecular complexity index is 665. The van der Waals surface area contributed by atoms with Crippen molar-refractivity contribution in [3.8, 4) is 0 Å². The smallest absolute Gasteiger partial charge is 0.291 e. The first-order chi connectivity index (χ1) is 11.2. The highest BCUT2D eigenvalue weighted by Crippen LogP contribution is 2.12. The van der Waals surface area contributed by atoms with Crippen molar-refractivity contribution in [2.75, 3.05) is 11.9 Å². The Morgan fingerprint density at radius 3 is 2.62 bits per heavy atom. The van der Waals surface area contributed by atoms with Gasteiger partial charge in [0.2, 0.25) is 5.91 Å². The van der Waals surface area contributed by atoms with Gasteiger partial charge in [-0.3, -0.25) is 9.59 Å². The monoisotopic (exact) mass is 349 g/mol. The number of carbonyl (C=O) groups is 2. The Balaban J connectivity index is 0.00000208. The molecule has 1 saturated heterocycles. The second-order valence-electron chi connectivity index (χ2n) is 5.50. The van der Waals surface area contributed by atoms with Gasteiger partial charge in [-0.15, -0.1) is 12.4 Å². The van der Waals surface area contributed by atoms with Crippen LogP contribution >= 0.6 is 12.4 Å². The van der Waals surface area contributed by atoms with E-state index in [1.54, 1.807) is 24.3 Å². The lowest BCUT2D eigenvalue weighted by Crippen LogP contribution is -2.39. The van der Waals surface area contributed by atoms with E-state index < -0.39 is 0 Å². The van der Waals surface area contributed by atoms with Gasteiger partial charge in [0.15, 0.2) is 5.76 Å². The number of nitrogens with one attached hydrogen (secondary N) is 3. The third-order valence-electron chi connectivity index (χ3n) is 3.80. The molecule has 1 fully saturated rings. The highest BCUT2D eigenvalue weighted by Gasteiger charge is 2.21. The minimum atomic E-state index is -0.289. The van der Waals surface area contributed by atoms with Crippen LogP contribution in [0.2, 0.25) is 0 Å². The molecule has 3 N–H and O–H groups in total. The maximum absolute atomic E-state index is 11.9. The Kier molecular flexibility index (Phi) is 6.40. The number of anilines is 1. The van der Waals surface area contributed by atoms with Gasteiger partial charge in [-0.1, -0.05) is 12.1 Å². The fourth-order valence-corrected chi connectivity index (χ4v) is 2.53. The number of rotatable bonds is 5. The van der Waals surface area contributed by atoms with Crippen molar-refractivity contribution < 1.29 is 14.0 Å². The molecule has 0 radical (unpaired) electrons. The molecule has 128 valence electrons. The summed E-state index contributed by atoms with van der Waals surface area (Å²) >= 11 is 0. The SMILES string of the molecule is Cl.O=C(Nc1ccc(CNC(=O)[C@@H]2CCCN2)cc1)c1ccco1. The lowest BCUT2D eigenvalue weighted by atomic mass is 10.2. The fourth-order valence-electron chi connectivity index (χ4n) is 2.53. The van der Waals surface area contributed by atoms with Crippen molar-refractivity contribution in [1.29, 1.82) is 0 Å². The standard InChI is InChI=1S/C17H19N3O3.ClH/c21-16(14-3-1-9-18-14)19-11-12-5-7-13(8-6-12)20-17(22)15-4-2-10-23-15;/h2,4-8,10,14,18H,1,3,9,11H2,(H,19,21)(H,20,22);1H/t14-;/m0./s1. The number of benzene rings is 1. The van der Waals surface area contributed by atoms with Crippen LogP contribution < -0.4 is 16.0 Å². The number of furan rings is 1. The molecule has 2 heterocycles. The first kappa shape index (κ1) is 18.0. The first-order valence-corrected chi connectivity index (χ1v) is 7.67. The molecule has 1 aliphatic heterocycles. The van der Waals surface area contributed by atoms with Crippen molar-refractivity contribution >= 4 is 29.9 Å². The third-order valence-corrected chi connectivity index (χ3v) is 3.80. The van der Waals surface area contributed by atoms with Gasteiger partial charge in [0.25, 0.3) is 5.91 Å². The summed E-state index contributed by atoms with van der Waals surface area (Å²) in [5.74, 6) is 0.0199. The molecule has 1 aromatic heterocycles. The van der Waals surface area contributed by atoms with Crippen molar-refractivity contribution in [3.63, 3.8) is 0 Å². The van der Waals surface area contributed by atoms with E-state index in [4.69, 9.17) is 4.42 Å². The molecule has 2 amide bonds. The Labute approximate surface area is 146 Å². The molecule has 2 aromatic rings. The average molecular weight is 350 g/mol. The number of carbonyl (C=O) groups excluding carboxylic acids is 2. The molecule has 1 aromatic carbocycles. The number of amides is 2. The molecular weight excluding hydrogens is 330 g/mol. The number of halogens is 1. The maximum atomic E-state index is 11.9. The van der Waals surface area contributed by atoms with Crippen molar-refractivity contribution in [2.24, 2.45) is 0 Å². The molecule has 7 heteroatoms. The summed E-state index contributed by atoms with van der Waals surface area (Å²) in [6, 6.07) is 10.6. The van der Waals surface area contributed by atoms with E-state index in [2.05, 4.69) is 16.0 Å². The Morgan fingerprint density at radius 2 is 2.00 bits per heavy atom. The Morgan fingerprint density at radius 1 is 1.21 bits per heavy atom. The van der Waals surface area contributed by atoms with E-state index >= 15 is 0 Å². The van der Waals surface area contributed by atoms with Gasteiger partial charge < -0.3 is 20.4 Å². The van der Waals surface area contributed by atoms with Crippen LogP contribution in [0.3, 0.4) is 0 Å².